The van der Waals surface area contributed by atoms with Gasteiger partial charge in [-0.05, 0) is 5.92 Å². The molecule has 0 aliphatic rings. The molecule has 0 saturated carbocycles. The molecule has 88 valence electrons. The van der Waals surface area contributed by atoms with Crippen molar-refractivity contribution in [3.63, 3.8) is 0 Å². The van der Waals surface area contributed by atoms with Gasteiger partial charge in [0.25, 0.3) is 0 Å². The summed E-state index contributed by atoms with van der Waals surface area (Å²) < 4.78 is 4.87. The van der Waals surface area contributed by atoms with Crippen molar-refractivity contribution in [1.29, 1.82) is 0 Å². The predicted molar refractivity (Wildman–Crippen MR) is 56.6 cm³/mol. The number of phenolic OH excluding ortho intramolecular Hbond substituents is 3. The molecule has 1 rings (SSSR count). The molecule has 0 radical (unpaired) electrons. The maximum absolute atomic E-state index is 11.5. The van der Waals surface area contributed by atoms with Gasteiger partial charge in [0, 0.05) is 12.1 Å². The molecule has 3 N–H and O–H groups in total. The molecule has 0 spiro atoms. The van der Waals surface area contributed by atoms with Crippen LogP contribution in [0.3, 0.4) is 0 Å². The van der Waals surface area contributed by atoms with E-state index in [0.29, 0.717) is 0 Å². The summed E-state index contributed by atoms with van der Waals surface area (Å²) in [6, 6.07) is 1.86. The van der Waals surface area contributed by atoms with Gasteiger partial charge in [0.1, 0.15) is 11.3 Å². The van der Waals surface area contributed by atoms with Crippen LogP contribution in [0.5, 0.6) is 17.2 Å². The van der Waals surface area contributed by atoms with E-state index in [0.717, 1.165) is 12.1 Å². The van der Waals surface area contributed by atoms with Crippen LogP contribution in [0, 0.1) is 5.92 Å². The van der Waals surface area contributed by atoms with Crippen LogP contribution in [0.15, 0.2) is 12.1 Å². The topological polar surface area (TPSA) is 87.0 Å². The number of hydrogen-bond acceptors (Lipinski definition) is 5. The maximum Gasteiger partial charge on any atom is 0.342 e. The van der Waals surface area contributed by atoms with E-state index in [4.69, 9.17) is 9.84 Å². The highest BCUT2D eigenvalue weighted by molar-refractivity contribution is 5.93. The third-order valence-electron chi connectivity index (χ3n) is 1.86. The minimum atomic E-state index is -0.735. The predicted octanol–water partition coefficient (Wildman–Crippen LogP) is 1.62. The Kier molecular flexibility index (Phi) is 3.60. The highest BCUT2D eigenvalue weighted by Crippen LogP contribution is 2.32. The van der Waals surface area contributed by atoms with Crippen molar-refractivity contribution < 1.29 is 24.9 Å². The van der Waals surface area contributed by atoms with E-state index in [1.807, 2.05) is 13.8 Å². The Balaban J connectivity index is 2.87. The van der Waals surface area contributed by atoms with Gasteiger partial charge in [-0.2, -0.15) is 0 Å². The summed E-state index contributed by atoms with van der Waals surface area (Å²) in [7, 11) is 0. The molecule has 1 aromatic carbocycles. The van der Waals surface area contributed by atoms with Crippen LogP contribution in [-0.2, 0) is 4.74 Å². The Labute approximate surface area is 92.9 Å². The SMILES string of the molecule is CC(C)COC(=O)c1cc(O)c(O)cc1O. The van der Waals surface area contributed by atoms with E-state index < -0.39 is 23.2 Å². The smallest absolute Gasteiger partial charge is 0.342 e. The molecule has 5 nitrogen and oxygen atoms in total. The van der Waals surface area contributed by atoms with Crippen LogP contribution in [0.25, 0.3) is 0 Å². The second-order valence-corrected chi connectivity index (χ2v) is 3.85. The molecule has 0 amide bonds. The van der Waals surface area contributed by atoms with E-state index in [9.17, 15) is 15.0 Å². The molecule has 0 aliphatic carbocycles. The number of aromatic hydroxyl groups is 3. The number of carbonyl (C=O) groups excluding carboxylic acids is 1. The first kappa shape index (κ1) is 12.2. The van der Waals surface area contributed by atoms with Gasteiger partial charge in [-0.25, -0.2) is 4.79 Å². The molecule has 0 atom stereocenters. The lowest BCUT2D eigenvalue weighted by molar-refractivity contribution is 0.0455. The summed E-state index contributed by atoms with van der Waals surface area (Å²) in [5, 5.41) is 27.6. The first-order valence-electron chi connectivity index (χ1n) is 4.84. The fourth-order valence-corrected chi connectivity index (χ4v) is 1.05. The van der Waals surface area contributed by atoms with Crippen LogP contribution >= 0.6 is 0 Å². The number of rotatable bonds is 3. The average Bonchev–Trinajstić information content (AvgIpc) is 2.20. The zero-order valence-electron chi connectivity index (χ0n) is 9.10. The zero-order chi connectivity index (χ0) is 12.3. The van der Waals surface area contributed by atoms with Gasteiger partial charge in [-0.3, -0.25) is 0 Å². The summed E-state index contributed by atoms with van der Waals surface area (Å²) in [5.41, 5.74) is -0.170. The summed E-state index contributed by atoms with van der Waals surface area (Å²) in [5.74, 6) is -1.95. The molecule has 0 unspecified atom stereocenters. The van der Waals surface area contributed by atoms with Crippen molar-refractivity contribution in [1.82, 2.24) is 0 Å². The Morgan fingerprint density at radius 3 is 2.31 bits per heavy atom. The molecule has 0 fully saturated rings. The monoisotopic (exact) mass is 226 g/mol. The average molecular weight is 226 g/mol. The van der Waals surface area contributed by atoms with Crippen molar-refractivity contribution in [3.05, 3.63) is 17.7 Å². The molecule has 5 heteroatoms. The molecule has 16 heavy (non-hydrogen) atoms. The standard InChI is InChI=1S/C11H14O5/c1-6(2)5-16-11(15)7-3-9(13)10(14)4-8(7)12/h3-4,6,12-14H,5H2,1-2H3. The number of benzene rings is 1. The zero-order valence-corrected chi connectivity index (χ0v) is 9.10. The first-order valence-corrected chi connectivity index (χ1v) is 4.84. The van der Waals surface area contributed by atoms with Gasteiger partial charge >= 0.3 is 5.97 Å². The molecule has 0 saturated heterocycles. The lowest BCUT2D eigenvalue weighted by Crippen LogP contribution is -2.10. The summed E-state index contributed by atoms with van der Waals surface area (Å²) in [4.78, 5) is 11.5. The van der Waals surface area contributed by atoms with Crippen molar-refractivity contribution in [2.24, 2.45) is 5.92 Å². The van der Waals surface area contributed by atoms with Gasteiger partial charge in [-0.15, -0.1) is 0 Å². The molecular weight excluding hydrogens is 212 g/mol. The largest absolute Gasteiger partial charge is 0.507 e. The van der Waals surface area contributed by atoms with E-state index in [2.05, 4.69) is 0 Å². The summed E-state index contributed by atoms with van der Waals surface area (Å²) in [6.07, 6.45) is 0. The summed E-state index contributed by atoms with van der Waals surface area (Å²) in [6.45, 7) is 3.97. The van der Waals surface area contributed by atoms with Gasteiger partial charge in [0.15, 0.2) is 11.5 Å². The Morgan fingerprint density at radius 1 is 1.19 bits per heavy atom. The van der Waals surface area contributed by atoms with Crippen LogP contribution in [0.4, 0.5) is 0 Å². The van der Waals surface area contributed by atoms with Crippen LogP contribution in [-0.4, -0.2) is 27.9 Å². The van der Waals surface area contributed by atoms with Crippen molar-refractivity contribution >= 4 is 5.97 Å². The van der Waals surface area contributed by atoms with Crippen molar-refractivity contribution in [2.75, 3.05) is 6.61 Å². The Hall–Kier alpha value is -1.91. The molecular formula is C11H14O5. The van der Waals surface area contributed by atoms with E-state index in [1.54, 1.807) is 0 Å². The minimum absolute atomic E-state index is 0.170. The van der Waals surface area contributed by atoms with Gasteiger partial charge in [0.05, 0.1) is 6.61 Å². The number of hydrogen-bond donors (Lipinski definition) is 3. The second kappa shape index (κ2) is 4.74. The van der Waals surface area contributed by atoms with Crippen molar-refractivity contribution in [3.8, 4) is 17.2 Å². The second-order valence-electron chi connectivity index (χ2n) is 3.85. The fraction of sp³-hybridized carbons (Fsp3) is 0.364. The molecule has 0 heterocycles. The van der Waals surface area contributed by atoms with Crippen LogP contribution < -0.4 is 0 Å². The third-order valence-corrected chi connectivity index (χ3v) is 1.86. The Bertz CT molecular complexity index is 398. The highest BCUT2D eigenvalue weighted by Gasteiger charge is 2.16. The number of esters is 1. The summed E-state index contributed by atoms with van der Waals surface area (Å²) >= 11 is 0. The lowest BCUT2D eigenvalue weighted by Gasteiger charge is -2.09. The molecule has 0 aromatic heterocycles. The van der Waals surface area contributed by atoms with Gasteiger partial charge in [-0.1, -0.05) is 13.8 Å². The number of phenols is 3. The van der Waals surface area contributed by atoms with Crippen LogP contribution in [0.1, 0.15) is 24.2 Å². The highest BCUT2D eigenvalue weighted by atomic mass is 16.5. The van der Waals surface area contributed by atoms with Crippen molar-refractivity contribution in [2.45, 2.75) is 13.8 Å². The quantitative estimate of drug-likeness (QED) is 0.414. The number of carbonyl (C=O) groups is 1. The third kappa shape index (κ3) is 2.79. The fourth-order valence-electron chi connectivity index (χ4n) is 1.05. The van der Waals surface area contributed by atoms with E-state index in [-0.39, 0.29) is 18.1 Å². The normalized spacial score (nSPS) is 10.4. The molecule has 1 aromatic rings. The minimum Gasteiger partial charge on any atom is -0.507 e. The van der Waals surface area contributed by atoms with Crippen LogP contribution in [0.2, 0.25) is 0 Å². The van der Waals surface area contributed by atoms with E-state index in [1.165, 1.54) is 0 Å². The van der Waals surface area contributed by atoms with E-state index >= 15 is 0 Å². The van der Waals surface area contributed by atoms with Gasteiger partial charge in [0.2, 0.25) is 0 Å². The van der Waals surface area contributed by atoms with Gasteiger partial charge < -0.3 is 20.1 Å². The lowest BCUT2D eigenvalue weighted by atomic mass is 10.1. The first-order chi connectivity index (χ1) is 7.41. The maximum atomic E-state index is 11.5. The Morgan fingerprint density at radius 2 is 1.75 bits per heavy atom. The molecule has 0 bridgehead atoms. The number of ether oxygens (including phenoxy) is 1. The molecule has 0 aliphatic heterocycles.